The van der Waals surface area contributed by atoms with E-state index >= 15 is 0 Å². The molecule has 1 aromatic heterocycles. The zero-order valence-corrected chi connectivity index (χ0v) is 17.1. The third-order valence-corrected chi connectivity index (χ3v) is 5.17. The summed E-state index contributed by atoms with van der Waals surface area (Å²) in [5.74, 6) is 2.81. The van der Waals surface area contributed by atoms with E-state index < -0.39 is 0 Å². The molecule has 1 aliphatic heterocycles. The Morgan fingerprint density at radius 2 is 1.79 bits per heavy atom. The molecule has 152 valence electrons. The van der Waals surface area contributed by atoms with Crippen LogP contribution in [0.3, 0.4) is 0 Å². The summed E-state index contributed by atoms with van der Waals surface area (Å²) in [7, 11) is 3.41. The molecule has 2 heterocycles. The Kier molecular flexibility index (Phi) is 5.53. The molecule has 0 bridgehead atoms. The summed E-state index contributed by atoms with van der Waals surface area (Å²) >= 11 is 5.69. The molecule has 0 saturated heterocycles. The van der Waals surface area contributed by atoms with Crippen molar-refractivity contribution >= 4 is 22.5 Å². The lowest BCUT2D eigenvalue weighted by molar-refractivity contribution is 0.172. The summed E-state index contributed by atoms with van der Waals surface area (Å²) in [5, 5.41) is 0.526. The number of methoxy groups -OCH3 is 1. The van der Waals surface area contributed by atoms with Crippen LogP contribution in [0.15, 0.2) is 41.2 Å². The third-order valence-electron chi connectivity index (χ3n) is 4.90. The van der Waals surface area contributed by atoms with Crippen molar-refractivity contribution in [2.45, 2.75) is 6.42 Å². The molecule has 7 heteroatoms. The molecule has 0 saturated carbocycles. The maximum atomic E-state index is 13.2. The second kappa shape index (κ2) is 8.25. The van der Waals surface area contributed by atoms with E-state index in [2.05, 4.69) is 0 Å². The average Bonchev–Trinajstić information content (AvgIpc) is 2.76. The van der Waals surface area contributed by atoms with Crippen LogP contribution in [0, 0.1) is 0 Å². The number of nitrogens with zero attached hydrogens (tertiary/aromatic N) is 1. The van der Waals surface area contributed by atoms with Crippen molar-refractivity contribution in [2.75, 3.05) is 32.8 Å². The van der Waals surface area contributed by atoms with E-state index in [0.29, 0.717) is 48.3 Å². The number of aromatic nitrogens is 1. The van der Waals surface area contributed by atoms with Gasteiger partial charge < -0.3 is 23.5 Å². The van der Waals surface area contributed by atoms with Crippen molar-refractivity contribution in [1.29, 1.82) is 0 Å². The number of pyridine rings is 1. The van der Waals surface area contributed by atoms with Gasteiger partial charge in [0.1, 0.15) is 19.0 Å². The molecule has 29 heavy (non-hydrogen) atoms. The van der Waals surface area contributed by atoms with E-state index in [-0.39, 0.29) is 11.2 Å². The fourth-order valence-corrected chi connectivity index (χ4v) is 3.62. The van der Waals surface area contributed by atoms with Crippen LogP contribution in [0.5, 0.6) is 23.0 Å². The van der Waals surface area contributed by atoms with E-state index in [1.165, 1.54) is 7.11 Å². The van der Waals surface area contributed by atoms with Gasteiger partial charge in [-0.1, -0.05) is 0 Å². The molecule has 0 radical (unpaired) electrons. The number of aryl methyl sites for hydroxylation is 1. The molecule has 0 atom stereocenters. The monoisotopic (exact) mass is 415 g/mol. The van der Waals surface area contributed by atoms with Crippen LogP contribution < -0.4 is 24.4 Å². The highest BCUT2D eigenvalue weighted by Crippen LogP contribution is 2.37. The lowest BCUT2D eigenvalue weighted by atomic mass is 10.1. The van der Waals surface area contributed by atoms with Crippen LogP contribution in [-0.2, 0) is 7.05 Å². The number of benzene rings is 2. The standard InChI is InChI=1S/C22H22ClNO5/c1-24-17-13-19-18(28-10-11-29-19)12-16(17)21(25)22(26-2)20(24)14-4-6-15(7-5-14)27-9-3-8-23/h4-7,12-13H,3,8-11H2,1-2H3. The summed E-state index contributed by atoms with van der Waals surface area (Å²) in [5.41, 5.74) is 2.10. The molecular weight excluding hydrogens is 394 g/mol. The zero-order valence-electron chi connectivity index (χ0n) is 16.4. The van der Waals surface area contributed by atoms with Gasteiger partial charge in [0.25, 0.3) is 0 Å². The molecule has 6 nitrogen and oxygen atoms in total. The maximum Gasteiger partial charge on any atom is 0.231 e. The maximum absolute atomic E-state index is 13.2. The molecule has 0 aliphatic carbocycles. The molecule has 0 N–H and O–H groups in total. The van der Waals surface area contributed by atoms with E-state index in [4.69, 9.17) is 30.5 Å². The minimum atomic E-state index is -0.185. The zero-order chi connectivity index (χ0) is 20.4. The smallest absolute Gasteiger partial charge is 0.231 e. The predicted octanol–water partition coefficient (Wildman–Crippen LogP) is 3.99. The fourth-order valence-electron chi connectivity index (χ4n) is 3.51. The Morgan fingerprint density at radius 3 is 2.45 bits per heavy atom. The average molecular weight is 416 g/mol. The number of alkyl halides is 1. The molecule has 1 aliphatic rings. The summed E-state index contributed by atoms with van der Waals surface area (Å²) in [6.45, 7) is 1.52. The van der Waals surface area contributed by atoms with Crippen molar-refractivity contribution in [3.05, 3.63) is 46.6 Å². The number of rotatable bonds is 6. The fraction of sp³-hybridized carbons (Fsp3) is 0.318. The van der Waals surface area contributed by atoms with Gasteiger partial charge in [-0.05, 0) is 36.8 Å². The molecule has 3 aromatic rings. The minimum absolute atomic E-state index is 0.185. The van der Waals surface area contributed by atoms with Crippen molar-refractivity contribution in [1.82, 2.24) is 4.57 Å². The summed E-state index contributed by atoms with van der Waals surface area (Å²) in [6.07, 6.45) is 0.784. The van der Waals surface area contributed by atoms with Crippen LogP contribution in [0.1, 0.15) is 6.42 Å². The number of ether oxygens (including phenoxy) is 4. The van der Waals surface area contributed by atoms with Crippen molar-refractivity contribution in [3.63, 3.8) is 0 Å². The second-order valence-electron chi connectivity index (χ2n) is 6.70. The Balaban J connectivity index is 1.83. The van der Waals surface area contributed by atoms with Gasteiger partial charge in [0.05, 0.1) is 30.3 Å². The molecule has 4 rings (SSSR count). The number of hydrogen-bond donors (Lipinski definition) is 0. The van der Waals surface area contributed by atoms with E-state index in [1.54, 1.807) is 6.07 Å². The lowest BCUT2D eigenvalue weighted by Crippen LogP contribution is -2.18. The first-order valence-electron chi connectivity index (χ1n) is 9.43. The quantitative estimate of drug-likeness (QED) is 0.450. The van der Waals surface area contributed by atoms with Crippen LogP contribution in [-0.4, -0.2) is 37.4 Å². The van der Waals surface area contributed by atoms with Gasteiger partial charge in [0.2, 0.25) is 5.43 Å². The molecule has 2 aromatic carbocycles. The van der Waals surface area contributed by atoms with Gasteiger partial charge >= 0.3 is 0 Å². The predicted molar refractivity (Wildman–Crippen MR) is 113 cm³/mol. The van der Waals surface area contributed by atoms with Crippen LogP contribution >= 0.6 is 11.6 Å². The normalized spacial score (nSPS) is 12.8. The highest BCUT2D eigenvalue weighted by molar-refractivity contribution is 6.17. The molecule has 0 amide bonds. The lowest BCUT2D eigenvalue weighted by Gasteiger charge is -2.21. The van der Waals surface area contributed by atoms with E-state index in [9.17, 15) is 4.79 Å². The molecular formula is C22H22ClNO5. The summed E-state index contributed by atoms with van der Waals surface area (Å²) in [4.78, 5) is 13.2. The molecule has 0 spiro atoms. The van der Waals surface area contributed by atoms with Gasteiger partial charge in [0, 0.05) is 24.6 Å². The van der Waals surface area contributed by atoms with Gasteiger partial charge in [0.15, 0.2) is 17.2 Å². The Morgan fingerprint density at radius 1 is 1.10 bits per heavy atom. The first kappa shape index (κ1) is 19.5. The van der Waals surface area contributed by atoms with E-state index in [0.717, 1.165) is 23.3 Å². The third kappa shape index (κ3) is 3.60. The molecule has 0 unspecified atom stereocenters. The number of fused-ring (bicyclic) bond motifs is 2. The van der Waals surface area contributed by atoms with Crippen LogP contribution in [0.25, 0.3) is 22.2 Å². The van der Waals surface area contributed by atoms with Crippen LogP contribution in [0.4, 0.5) is 0 Å². The second-order valence-corrected chi connectivity index (χ2v) is 7.08. The Labute approximate surface area is 173 Å². The first-order chi connectivity index (χ1) is 14.1. The first-order valence-corrected chi connectivity index (χ1v) is 9.97. The minimum Gasteiger partial charge on any atom is -0.494 e. The van der Waals surface area contributed by atoms with Gasteiger partial charge in [-0.25, -0.2) is 0 Å². The van der Waals surface area contributed by atoms with E-state index in [1.807, 2.05) is 41.9 Å². The van der Waals surface area contributed by atoms with Crippen molar-refractivity contribution in [3.8, 4) is 34.3 Å². The van der Waals surface area contributed by atoms with Gasteiger partial charge in [-0.3, -0.25) is 4.79 Å². The van der Waals surface area contributed by atoms with Crippen LogP contribution in [0.2, 0.25) is 0 Å². The summed E-state index contributed by atoms with van der Waals surface area (Å²) in [6, 6.07) is 11.2. The topological polar surface area (TPSA) is 58.9 Å². The largest absolute Gasteiger partial charge is 0.494 e. The Hall–Kier alpha value is -2.86. The number of halogens is 1. The molecule has 0 fully saturated rings. The number of hydrogen-bond acceptors (Lipinski definition) is 5. The highest BCUT2D eigenvalue weighted by Gasteiger charge is 2.21. The highest BCUT2D eigenvalue weighted by atomic mass is 35.5. The van der Waals surface area contributed by atoms with Gasteiger partial charge in [-0.2, -0.15) is 0 Å². The SMILES string of the molecule is COc1c(-c2ccc(OCCCCl)cc2)n(C)c2cc3c(cc2c1=O)OCCO3. The van der Waals surface area contributed by atoms with Crippen molar-refractivity contribution < 1.29 is 18.9 Å². The van der Waals surface area contributed by atoms with Gasteiger partial charge in [-0.15, -0.1) is 11.6 Å². The van der Waals surface area contributed by atoms with Crippen molar-refractivity contribution in [2.24, 2.45) is 7.05 Å². The summed E-state index contributed by atoms with van der Waals surface area (Å²) < 4.78 is 24.5. The Bertz CT molecular complexity index is 1090.